The van der Waals surface area contributed by atoms with E-state index in [1.165, 1.54) is 23.5 Å². The summed E-state index contributed by atoms with van der Waals surface area (Å²) in [6.07, 6.45) is 16.1. The van der Waals surface area contributed by atoms with Crippen LogP contribution in [0, 0.1) is 23.7 Å². The van der Waals surface area contributed by atoms with Crippen LogP contribution < -0.4 is 21.3 Å². The summed E-state index contributed by atoms with van der Waals surface area (Å²) in [7, 11) is 0. The van der Waals surface area contributed by atoms with E-state index in [-0.39, 0.29) is 43.5 Å². The van der Waals surface area contributed by atoms with Crippen molar-refractivity contribution in [3.63, 3.8) is 0 Å². The first-order valence-corrected chi connectivity index (χ1v) is 22.0. The second kappa shape index (κ2) is 19.6. The van der Waals surface area contributed by atoms with Crippen molar-refractivity contribution in [1.29, 1.82) is 0 Å². The highest BCUT2D eigenvalue weighted by atomic mass is 16.2. The van der Waals surface area contributed by atoms with Gasteiger partial charge < -0.3 is 31.1 Å². The molecule has 3 unspecified atom stereocenters. The van der Waals surface area contributed by atoms with Gasteiger partial charge in [-0.1, -0.05) is 89.6 Å². The number of carbonyl (C=O) groups is 7. The van der Waals surface area contributed by atoms with Crippen molar-refractivity contribution in [3.8, 4) is 12.3 Å². The van der Waals surface area contributed by atoms with Crippen molar-refractivity contribution >= 4 is 41.2 Å². The van der Waals surface area contributed by atoms with Crippen molar-refractivity contribution in [1.82, 2.24) is 45.9 Å². The highest BCUT2D eigenvalue weighted by Crippen LogP contribution is 2.46. The van der Waals surface area contributed by atoms with E-state index in [9.17, 15) is 28.8 Å². The van der Waals surface area contributed by atoms with Crippen LogP contribution in [0.15, 0.2) is 48.9 Å². The lowest BCUT2D eigenvalue weighted by Gasteiger charge is -2.40. The lowest BCUT2D eigenvalue weighted by molar-refractivity contribution is -0.145. The fourth-order valence-electron chi connectivity index (χ4n) is 9.73. The lowest BCUT2D eigenvalue weighted by atomic mass is 9.82. The zero-order valence-corrected chi connectivity index (χ0v) is 36.5. The smallest absolute Gasteiger partial charge is 0.290 e. The topological polar surface area (TPSA) is 203 Å². The van der Waals surface area contributed by atoms with E-state index in [0.717, 1.165) is 31.2 Å². The van der Waals surface area contributed by atoms with Crippen LogP contribution in [0.2, 0.25) is 0 Å². The Kier molecular flexibility index (Phi) is 14.5. The molecule has 62 heavy (non-hydrogen) atoms. The number of hydrogen-bond acceptors (Lipinski definition) is 10. The number of ketones is 1. The summed E-state index contributed by atoms with van der Waals surface area (Å²) in [4.78, 5) is 112. The SMILES string of the molecule is C#CCN1C(=O)C2CCCN2C12C[C@@H](C(=O)NC(CCC)C(=O)C(=O)N[C@@H](C)c1ccccc1)N(C(=O)[C@@H](NC(=O)[C@@H](NC(=O)c1cnccn1)C1CCCCC1)C(C)(C)C)C2. The van der Waals surface area contributed by atoms with Gasteiger partial charge in [0.25, 0.3) is 11.8 Å². The number of likely N-dealkylation sites (tertiary alicyclic amines) is 1. The molecule has 16 nitrogen and oxygen atoms in total. The molecule has 332 valence electrons. The molecule has 3 aliphatic heterocycles. The van der Waals surface area contributed by atoms with E-state index in [0.29, 0.717) is 32.2 Å². The number of Topliss-reactive ketones (excluding diaryl/α,β-unsaturated/α-hetero) is 1. The molecule has 1 spiro atoms. The Morgan fingerprint density at radius 1 is 0.952 bits per heavy atom. The molecular formula is C46H61N9O7. The summed E-state index contributed by atoms with van der Waals surface area (Å²) < 4.78 is 0. The molecule has 4 heterocycles. The number of nitrogens with one attached hydrogen (secondary N) is 4. The quantitative estimate of drug-likeness (QED) is 0.153. The maximum Gasteiger partial charge on any atom is 0.290 e. The van der Waals surface area contributed by atoms with E-state index in [1.54, 1.807) is 32.6 Å². The minimum atomic E-state index is -1.22. The van der Waals surface area contributed by atoms with Crippen LogP contribution in [0.5, 0.6) is 0 Å². The molecule has 1 aliphatic carbocycles. The van der Waals surface area contributed by atoms with Gasteiger partial charge >= 0.3 is 0 Å². The fraction of sp³-hybridized carbons (Fsp3) is 0.587. The fourth-order valence-corrected chi connectivity index (χ4v) is 9.73. The summed E-state index contributed by atoms with van der Waals surface area (Å²) in [5, 5.41) is 11.5. The third-order valence-electron chi connectivity index (χ3n) is 13.0. The second-order valence-corrected chi connectivity index (χ2v) is 18.2. The molecule has 4 aliphatic rings. The maximum atomic E-state index is 15.3. The van der Waals surface area contributed by atoms with Gasteiger partial charge in [-0.25, -0.2) is 4.98 Å². The van der Waals surface area contributed by atoms with Gasteiger partial charge in [0.1, 0.15) is 29.5 Å². The number of benzene rings is 1. The van der Waals surface area contributed by atoms with E-state index < -0.39 is 82.6 Å². The van der Waals surface area contributed by atoms with Gasteiger partial charge in [0.2, 0.25) is 29.4 Å². The van der Waals surface area contributed by atoms with Gasteiger partial charge in [0.05, 0.1) is 37.4 Å². The molecule has 1 saturated carbocycles. The molecule has 0 bridgehead atoms. The van der Waals surface area contributed by atoms with Gasteiger partial charge in [-0.2, -0.15) is 0 Å². The van der Waals surface area contributed by atoms with Crippen LogP contribution in [-0.2, 0) is 28.8 Å². The van der Waals surface area contributed by atoms with Crippen molar-refractivity contribution in [2.75, 3.05) is 19.6 Å². The van der Waals surface area contributed by atoms with Gasteiger partial charge in [-0.05, 0) is 55.9 Å². The number of hydrogen-bond donors (Lipinski definition) is 4. The van der Waals surface area contributed by atoms with Crippen molar-refractivity contribution in [2.45, 2.75) is 141 Å². The van der Waals surface area contributed by atoms with Crippen molar-refractivity contribution in [3.05, 3.63) is 60.2 Å². The molecule has 1 aromatic carbocycles. The first-order chi connectivity index (χ1) is 29.6. The van der Waals surface area contributed by atoms with E-state index in [2.05, 4.69) is 37.2 Å². The zero-order valence-electron chi connectivity index (χ0n) is 36.5. The summed E-state index contributed by atoms with van der Waals surface area (Å²) in [6, 6.07) is 3.61. The van der Waals surface area contributed by atoms with Crippen LogP contribution in [0.1, 0.15) is 121 Å². The minimum Gasteiger partial charge on any atom is -0.344 e. The lowest BCUT2D eigenvalue weighted by Crippen LogP contribution is -2.62. The number of aromatic nitrogens is 2. The zero-order chi connectivity index (χ0) is 44.8. The van der Waals surface area contributed by atoms with E-state index >= 15 is 4.79 Å². The normalized spacial score (nSPS) is 23.5. The number of carbonyl (C=O) groups excluding carboxylic acids is 7. The molecular weight excluding hydrogens is 791 g/mol. The number of nitrogens with zero attached hydrogens (tertiary/aromatic N) is 5. The Hall–Kier alpha value is -5.69. The summed E-state index contributed by atoms with van der Waals surface area (Å²) >= 11 is 0. The molecule has 4 fully saturated rings. The summed E-state index contributed by atoms with van der Waals surface area (Å²) in [5.74, 6) is -1.82. The maximum absolute atomic E-state index is 15.3. The highest BCUT2D eigenvalue weighted by Gasteiger charge is 2.64. The minimum absolute atomic E-state index is 0.0115. The van der Waals surface area contributed by atoms with Gasteiger partial charge in [0, 0.05) is 25.4 Å². The monoisotopic (exact) mass is 851 g/mol. The predicted octanol–water partition coefficient (Wildman–Crippen LogP) is 2.65. The predicted molar refractivity (Wildman–Crippen MR) is 229 cm³/mol. The van der Waals surface area contributed by atoms with E-state index in [4.69, 9.17) is 6.42 Å². The number of amides is 6. The molecule has 3 saturated heterocycles. The third kappa shape index (κ3) is 9.67. The molecule has 2 aromatic rings. The molecule has 4 N–H and O–H groups in total. The van der Waals surface area contributed by atoms with Crippen molar-refractivity contribution in [2.24, 2.45) is 11.3 Å². The Bertz CT molecular complexity index is 2030. The van der Waals surface area contributed by atoms with Crippen LogP contribution in [0.25, 0.3) is 0 Å². The molecule has 6 rings (SSSR count). The highest BCUT2D eigenvalue weighted by molar-refractivity contribution is 6.38. The van der Waals surface area contributed by atoms with Gasteiger partial charge in [-0.15, -0.1) is 6.42 Å². The molecule has 1 aromatic heterocycles. The van der Waals surface area contributed by atoms with Gasteiger partial charge in [-0.3, -0.25) is 43.4 Å². The van der Waals surface area contributed by atoms with Crippen LogP contribution in [0.4, 0.5) is 0 Å². The first kappa shape index (κ1) is 45.8. The number of terminal acetylenes is 1. The molecule has 7 atom stereocenters. The average Bonchev–Trinajstić information content (AvgIpc) is 3.98. The molecule has 0 radical (unpaired) electrons. The largest absolute Gasteiger partial charge is 0.344 e. The van der Waals surface area contributed by atoms with E-state index in [1.807, 2.05) is 42.2 Å². The molecule has 6 amide bonds. The average molecular weight is 852 g/mol. The van der Waals surface area contributed by atoms with Gasteiger partial charge in [0.15, 0.2) is 0 Å². The Labute approximate surface area is 364 Å². The molecule has 16 heteroatoms. The Morgan fingerprint density at radius 2 is 1.68 bits per heavy atom. The Balaban J connectivity index is 1.31. The Morgan fingerprint density at radius 3 is 2.32 bits per heavy atom. The summed E-state index contributed by atoms with van der Waals surface area (Å²) in [6.45, 7) is 9.40. The van der Waals surface area contributed by atoms with Crippen LogP contribution in [-0.4, -0.2) is 121 Å². The second-order valence-electron chi connectivity index (χ2n) is 18.2. The number of rotatable bonds is 15. The number of fused-ring (bicyclic) bond motifs is 2. The summed E-state index contributed by atoms with van der Waals surface area (Å²) in [5.41, 5.74) is -1.20. The first-order valence-electron chi connectivity index (χ1n) is 22.0. The van der Waals surface area contributed by atoms with Crippen molar-refractivity contribution < 1.29 is 33.6 Å². The standard InChI is InChI=1S/C46H61N9O7/c1-7-16-32(37(56)42(60)49-29(3)30-17-11-9-12-18-30)50-40(58)35-26-46(54-25-15-21-34(54)43(61)55(46)24-8-2)28-53(35)44(62)38(45(4,5)6)52-41(59)36(31-19-13-10-14-20-31)51-39(57)33-27-47-22-23-48-33/h2,9,11-12,17-18,22-23,27,29,31-32,34-36,38H,7,10,13-16,19-21,24-26,28H2,1,3-6H3,(H,49,60)(H,50,58)(H,51,57)(H,52,59)/t29-,32?,34?,35-,36-,38+,46?/m0/s1. The third-order valence-corrected chi connectivity index (χ3v) is 13.0. The van der Waals surface area contributed by atoms with Crippen LogP contribution in [0.3, 0.4) is 0 Å². The van der Waals surface area contributed by atoms with Crippen LogP contribution >= 0.6 is 0 Å².